The SMILES string of the molecule is CCOc1ccccc1N1CCN(C(=O)C2CCCC2)C(C)C1=O. The fourth-order valence-electron chi connectivity index (χ4n) is 3.78. The van der Waals surface area contributed by atoms with Crippen LogP contribution in [0.3, 0.4) is 0 Å². The zero-order valence-corrected chi connectivity index (χ0v) is 14.5. The zero-order chi connectivity index (χ0) is 17.1. The van der Waals surface area contributed by atoms with Gasteiger partial charge in [-0.25, -0.2) is 0 Å². The Morgan fingerprint density at radius 2 is 1.92 bits per heavy atom. The van der Waals surface area contributed by atoms with Crippen LogP contribution >= 0.6 is 0 Å². The molecule has 1 aliphatic carbocycles. The highest BCUT2D eigenvalue weighted by Gasteiger charge is 2.38. The molecule has 1 saturated heterocycles. The second-order valence-corrected chi connectivity index (χ2v) is 6.58. The number of carbonyl (C=O) groups excluding carboxylic acids is 2. The summed E-state index contributed by atoms with van der Waals surface area (Å²) in [4.78, 5) is 29.1. The molecule has 24 heavy (non-hydrogen) atoms. The smallest absolute Gasteiger partial charge is 0.249 e. The molecule has 130 valence electrons. The minimum atomic E-state index is -0.415. The molecule has 1 aromatic rings. The fraction of sp³-hybridized carbons (Fsp3) is 0.579. The second kappa shape index (κ2) is 7.24. The van der Waals surface area contributed by atoms with Gasteiger partial charge in [-0.3, -0.25) is 9.59 Å². The van der Waals surface area contributed by atoms with Crippen LogP contribution < -0.4 is 9.64 Å². The van der Waals surface area contributed by atoms with Crippen molar-refractivity contribution in [2.75, 3.05) is 24.6 Å². The van der Waals surface area contributed by atoms with Crippen LogP contribution in [0.25, 0.3) is 0 Å². The lowest BCUT2D eigenvalue weighted by Gasteiger charge is -2.40. The molecule has 0 spiro atoms. The van der Waals surface area contributed by atoms with Crippen molar-refractivity contribution in [1.82, 2.24) is 4.90 Å². The summed E-state index contributed by atoms with van der Waals surface area (Å²) in [6, 6.07) is 7.19. The standard InChI is InChI=1S/C19H26N2O3/c1-3-24-17-11-7-6-10-16(17)21-13-12-20(14(2)18(21)22)19(23)15-8-4-5-9-15/h6-7,10-11,14-15H,3-5,8-9,12-13H2,1-2H3. The van der Waals surface area contributed by atoms with Crippen molar-refractivity contribution in [3.05, 3.63) is 24.3 Å². The molecule has 5 heteroatoms. The Bertz CT molecular complexity index is 610. The Kier molecular flexibility index (Phi) is 5.07. The van der Waals surface area contributed by atoms with E-state index in [0.717, 1.165) is 37.1 Å². The van der Waals surface area contributed by atoms with Gasteiger partial charge in [-0.15, -0.1) is 0 Å². The third-order valence-corrected chi connectivity index (χ3v) is 5.10. The Balaban J connectivity index is 1.76. The Hall–Kier alpha value is -2.04. The number of hydrogen-bond acceptors (Lipinski definition) is 3. The lowest BCUT2D eigenvalue weighted by atomic mass is 10.0. The quantitative estimate of drug-likeness (QED) is 0.853. The highest BCUT2D eigenvalue weighted by atomic mass is 16.5. The first kappa shape index (κ1) is 16.8. The largest absolute Gasteiger partial charge is 0.492 e. The predicted molar refractivity (Wildman–Crippen MR) is 93.1 cm³/mol. The van der Waals surface area contributed by atoms with Crippen LogP contribution in [-0.2, 0) is 9.59 Å². The van der Waals surface area contributed by atoms with Gasteiger partial charge in [-0.2, -0.15) is 0 Å². The summed E-state index contributed by atoms with van der Waals surface area (Å²) < 4.78 is 5.65. The van der Waals surface area contributed by atoms with E-state index < -0.39 is 6.04 Å². The molecule has 1 aliphatic heterocycles. The first-order valence-electron chi connectivity index (χ1n) is 8.97. The molecule has 2 fully saturated rings. The number of carbonyl (C=O) groups is 2. The minimum Gasteiger partial charge on any atom is -0.492 e. The number of para-hydroxylation sites is 2. The van der Waals surface area contributed by atoms with Crippen LogP contribution in [-0.4, -0.2) is 42.5 Å². The van der Waals surface area contributed by atoms with Crippen molar-refractivity contribution in [3.63, 3.8) is 0 Å². The first-order valence-corrected chi connectivity index (χ1v) is 8.97. The highest BCUT2D eigenvalue weighted by molar-refractivity contribution is 6.01. The number of nitrogens with zero attached hydrogens (tertiary/aromatic N) is 2. The topological polar surface area (TPSA) is 49.9 Å². The van der Waals surface area contributed by atoms with Crippen LogP contribution in [0.1, 0.15) is 39.5 Å². The van der Waals surface area contributed by atoms with Crippen LogP contribution in [0.2, 0.25) is 0 Å². The number of benzene rings is 1. The molecule has 0 aromatic heterocycles. The molecule has 5 nitrogen and oxygen atoms in total. The van der Waals surface area contributed by atoms with Gasteiger partial charge in [0.2, 0.25) is 11.8 Å². The van der Waals surface area contributed by atoms with E-state index in [9.17, 15) is 9.59 Å². The Morgan fingerprint density at radius 1 is 1.21 bits per heavy atom. The van der Waals surface area contributed by atoms with E-state index in [1.807, 2.05) is 38.1 Å². The molecule has 0 radical (unpaired) electrons. The molecular formula is C19H26N2O3. The number of amides is 2. The van der Waals surface area contributed by atoms with E-state index in [1.54, 1.807) is 9.80 Å². The van der Waals surface area contributed by atoms with Crippen LogP contribution in [0.5, 0.6) is 5.75 Å². The van der Waals surface area contributed by atoms with Crippen LogP contribution in [0.4, 0.5) is 5.69 Å². The van der Waals surface area contributed by atoms with Crippen molar-refractivity contribution in [1.29, 1.82) is 0 Å². The van der Waals surface area contributed by atoms with Gasteiger partial charge in [0, 0.05) is 19.0 Å². The van der Waals surface area contributed by atoms with Gasteiger partial charge in [0.25, 0.3) is 0 Å². The van der Waals surface area contributed by atoms with Crippen LogP contribution in [0.15, 0.2) is 24.3 Å². The molecule has 1 aromatic carbocycles. The van der Waals surface area contributed by atoms with Crippen molar-refractivity contribution in [3.8, 4) is 5.75 Å². The molecule has 1 saturated carbocycles. The maximum atomic E-state index is 12.9. The highest BCUT2D eigenvalue weighted by Crippen LogP contribution is 2.32. The molecule has 1 unspecified atom stereocenters. The van der Waals surface area contributed by atoms with E-state index in [-0.39, 0.29) is 17.7 Å². The molecule has 1 heterocycles. The van der Waals surface area contributed by atoms with E-state index in [1.165, 1.54) is 0 Å². The van der Waals surface area contributed by atoms with Crippen molar-refractivity contribution >= 4 is 17.5 Å². The van der Waals surface area contributed by atoms with Crippen molar-refractivity contribution in [2.24, 2.45) is 5.92 Å². The average molecular weight is 330 g/mol. The molecular weight excluding hydrogens is 304 g/mol. The molecule has 0 N–H and O–H groups in total. The van der Waals surface area contributed by atoms with E-state index in [2.05, 4.69) is 0 Å². The summed E-state index contributed by atoms with van der Waals surface area (Å²) in [7, 11) is 0. The summed E-state index contributed by atoms with van der Waals surface area (Å²) in [5.74, 6) is 0.962. The fourth-order valence-corrected chi connectivity index (χ4v) is 3.78. The number of piperazine rings is 1. The number of hydrogen-bond donors (Lipinski definition) is 0. The summed E-state index contributed by atoms with van der Waals surface area (Å²) in [5, 5.41) is 0. The van der Waals surface area contributed by atoms with Crippen molar-refractivity contribution in [2.45, 2.75) is 45.6 Å². The van der Waals surface area contributed by atoms with E-state index >= 15 is 0 Å². The predicted octanol–water partition coefficient (Wildman–Crippen LogP) is 2.84. The Labute approximate surface area is 143 Å². The number of ether oxygens (including phenoxy) is 1. The number of anilines is 1. The summed E-state index contributed by atoms with van der Waals surface area (Å²) >= 11 is 0. The average Bonchev–Trinajstić information content (AvgIpc) is 3.12. The summed E-state index contributed by atoms with van der Waals surface area (Å²) in [6.45, 7) is 5.43. The second-order valence-electron chi connectivity index (χ2n) is 6.58. The molecule has 1 atom stereocenters. The first-order chi connectivity index (χ1) is 11.6. The number of rotatable bonds is 4. The van der Waals surface area contributed by atoms with Crippen molar-refractivity contribution < 1.29 is 14.3 Å². The maximum Gasteiger partial charge on any atom is 0.249 e. The van der Waals surface area contributed by atoms with Gasteiger partial charge < -0.3 is 14.5 Å². The lowest BCUT2D eigenvalue weighted by Crippen LogP contribution is -2.58. The van der Waals surface area contributed by atoms with Gasteiger partial charge in [-0.05, 0) is 38.8 Å². The zero-order valence-electron chi connectivity index (χ0n) is 14.5. The van der Waals surface area contributed by atoms with Gasteiger partial charge in [0.15, 0.2) is 0 Å². The van der Waals surface area contributed by atoms with Gasteiger partial charge in [-0.1, -0.05) is 25.0 Å². The normalized spacial score (nSPS) is 22.1. The van der Waals surface area contributed by atoms with E-state index in [0.29, 0.717) is 19.7 Å². The molecule has 2 aliphatic rings. The monoisotopic (exact) mass is 330 g/mol. The van der Waals surface area contributed by atoms with Gasteiger partial charge in [0.1, 0.15) is 11.8 Å². The molecule has 2 amide bonds. The summed E-state index contributed by atoms with van der Waals surface area (Å²) in [5.41, 5.74) is 0.796. The Morgan fingerprint density at radius 3 is 2.62 bits per heavy atom. The molecule has 0 bridgehead atoms. The lowest BCUT2D eigenvalue weighted by molar-refractivity contribution is -0.143. The minimum absolute atomic E-state index is 0.0280. The van der Waals surface area contributed by atoms with Gasteiger partial charge >= 0.3 is 0 Å². The maximum absolute atomic E-state index is 12.9. The van der Waals surface area contributed by atoms with Gasteiger partial charge in [0.05, 0.1) is 12.3 Å². The van der Waals surface area contributed by atoms with Crippen LogP contribution in [0, 0.1) is 5.92 Å². The third kappa shape index (κ3) is 3.12. The van der Waals surface area contributed by atoms with E-state index in [4.69, 9.17) is 4.74 Å². The molecule has 3 rings (SSSR count). The third-order valence-electron chi connectivity index (χ3n) is 5.10. The summed E-state index contributed by atoms with van der Waals surface area (Å²) in [6.07, 6.45) is 4.18.